The van der Waals surface area contributed by atoms with Crippen molar-refractivity contribution >= 4 is 5.91 Å². The lowest BCUT2D eigenvalue weighted by atomic mass is 9.97. The van der Waals surface area contributed by atoms with Gasteiger partial charge in [0.05, 0.1) is 26.3 Å². The molecule has 0 bridgehead atoms. The minimum Gasteiger partial charge on any atom is -0.497 e. The zero-order chi connectivity index (χ0) is 18.0. The van der Waals surface area contributed by atoms with Gasteiger partial charge in [-0.15, -0.1) is 0 Å². The highest BCUT2D eigenvalue weighted by molar-refractivity contribution is 5.79. The highest BCUT2D eigenvalue weighted by Crippen LogP contribution is 2.36. The maximum absolute atomic E-state index is 12.7. The first-order valence-electron chi connectivity index (χ1n) is 8.45. The van der Waals surface area contributed by atoms with Crippen molar-refractivity contribution in [1.82, 2.24) is 10.1 Å². The molecule has 1 aliphatic rings. The molecule has 25 heavy (non-hydrogen) atoms. The fraction of sp³-hybridized carbons (Fsp3) is 0.474. The van der Waals surface area contributed by atoms with Crippen molar-refractivity contribution in [2.24, 2.45) is 0 Å². The van der Waals surface area contributed by atoms with Crippen molar-refractivity contribution in [3.8, 4) is 11.5 Å². The molecule has 134 valence electrons. The van der Waals surface area contributed by atoms with Crippen molar-refractivity contribution in [3.63, 3.8) is 0 Å². The molecule has 1 atom stereocenters. The number of aryl methyl sites for hydroxylation is 2. The highest BCUT2D eigenvalue weighted by Gasteiger charge is 2.30. The zero-order valence-corrected chi connectivity index (χ0v) is 15.2. The summed E-state index contributed by atoms with van der Waals surface area (Å²) in [4.78, 5) is 14.6. The fourth-order valence-corrected chi connectivity index (χ4v) is 3.42. The molecule has 1 saturated heterocycles. The van der Waals surface area contributed by atoms with Gasteiger partial charge in [0.15, 0.2) is 0 Å². The van der Waals surface area contributed by atoms with Crippen LogP contribution >= 0.6 is 0 Å². The molecule has 0 spiro atoms. The van der Waals surface area contributed by atoms with Crippen LogP contribution in [0.25, 0.3) is 0 Å². The highest BCUT2D eigenvalue weighted by atomic mass is 16.5. The van der Waals surface area contributed by atoms with Crippen LogP contribution in [0.3, 0.4) is 0 Å². The first-order chi connectivity index (χ1) is 12.0. The van der Waals surface area contributed by atoms with Gasteiger partial charge < -0.3 is 18.9 Å². The number of likely N-dealkylation sites (tertiary alicyclic amines) is 1. The summed E-state index contributed by atoms with van der Waals surface area (Å²) >= 11 is 0. The molecule has 1 aromatic heterocycles. The second kappa shape index (κ2) is 7.17. The molecule has 1 amide bonds. The Morgan fingerprint density at radius 3 is 2.76 bits per heavy atom. The summed E-state index contributed by atoms with van der Waals surface area (Å²) in [7, 11) is 3.32. The van der Waals surface area contributed by atoms with Crippen molar-refractivity contribution in [1.29, 1.82) is 0 Å². The lowest BCUT2D eigenvalue weighted by molar-refractivity contribution is -0.129. The maximum atomic E-state index is 12.7. The maximum Gasteiger partial charge on any atom is 0.227 e. The summed E-state index contributed by atoms with van der Waals surface area (Å²) in [6.45, 7) is 5.14. The van der Waals surface area contributed by atoms with E-state index in [1.54, 1.807) is 14.2 Å². The predicted molar refractivity (Wildman–Crippen MR) is 93.2 cm³/mol. The molecule has 0 aliphatic carbocycles. The average Bonchev–Trinajstić information content (AvgIpc) is 3.23. The number of benzene rings is 1. The average molecular weight is 344 g/mol. The molecule has 1 fully saturated rings. The molecular weight excluding hydrogens is 320 g/mol. The van der Waals surface area contributed by atoms with Gasteiger partial charge in [0, 0.05) is 30.1 Å². The summed E-state index contributed by atoms with van der Waals surface area (Å²) in [5, 5.41) is 3.92. The van der Waals surface area contributed by atoms with Gasteiger partial charge in [-0.2, -0.15) is 0 Å². The molecular formula is C19H24N2O4. The Morgan fingerprint density at radius 1 is 1.32 bits per heavy atom. The van der Waals surface area contributed by atoms with E-state index in [1.165, 1.54) is 0 Å². The first-order valence-corrected chi connectivity index (χ1v) is 8.45. The molecule has 0 unspecified atom stereocenters. The van der Waals surface area contributed by atoms with Crippen LogP contribution in [0.4, 0.5) is 0 Å². The predicted octanol–water partition coefficient (Wildman–Crippen LogP) is 2.87. The zero-order valence-electron chi connectivity index (χ0n) is 15.2. The standard InChI is InChI=1S/C19H24N2O4/c1-12-16(13(2)25-20-12)10-19(22)21-8-7-14(11-21)17-9-15(23-3)5-6-18(17)24-4/h5-6,9,14H,7-8,10-11H2,1-4H3/t14-/m1/s1. The van der Waals surface area contributed by atoms with Gasteiger partial charge in [-0.05, 0) is 38.5 Å². The van der Waals surface area contributed by atoms with Gasteiger partial charge in [-0.1, -0.05) is 5.16 Å². The van der Waals surface area contributed by atoms with Gasteiger partial charge in [0.1, 0.15) is 17.3 Å². The lowest BCUT2D eigenvalue weighted by Gasteiger charge is -2.18. The molecule has 6 nitrogen and oxygen atoms in total. The molecule has 0 N–H and O–H groups in total. The minimum atomic E-state index is 0.110. The van der Waals surface area contributed by atoms with Crippen LogP contribution < -0.4 is 9.47 Å². The van der Waals surface area contributed by atoms with Crippen LogP contribution in [-0.2, 0) is 11.2 Å². The number of amides is 1. The SMILES string of the molecule is COc1ccc(OC)c([C@@H]2CCN(C(=O)Cc3c(C)noc3C)C2)c1. The summed E-state index contributed by atoms with van der Waals surface area (Å²) in [5.74, 6) is 2.72. The van der Waals surface area contributed by atoms with E-state index in [2.05, 4.69) is 5.16 Å². The van der Waals surface area contributed by atoms with Crippen LogP contribution in [0.15, 0.2) is 22.7 Å². The second-order valence-corrected chi connectivity index (χ2v) is 6.41. The molecule has 2 heterocycles. The quantitative estimate of drug-likeness (QED) is 0.834. The fourth-order valence-electron chi connectivity index (χ4n) is 3.42. The Morgan fingerprint density at radius 2 is 2.12 bits per heavy atom. The monoisotopic (exact) mass is 344 g/mol. The van der Waals surface area contributed by atoms with E-state index in [9.17, 15) is 4.79 Å². The number of carbonyl (C=O) groups excluding carboxylic acids is 1. The number of ether oxygens (including phenoxy) is 2. The largest absolute Gasteiger partial charge is 0.497 e. The summed E-state index contributed by atoms with van der Waals surface area (Å²) in [5.41, 5.74) is 2.78. The summed E-state index contributed by atoms with van der Waals surface area (Å²) in [6.07, 6.45) is 1.25. The molecule has 6 heteroatoms. The smallest absolute Gasteiger partial charge is 0.227 e. The van der Waals surface area contributed by atoms with Crippen molar-refractivity contribution < 1.29 is 18.8 Å². The Bertz CT molecular complexity index is 749. The topological polar surface area (TPSA) is 64.8 Å². The van der Waals surface area contributed by atoms with Crippen molar-refractivity contribution in [3.05, 3.63) is 40.8 Å². The molecule has 3 rings (SSSR count). The second-order valence-electron chi connectivity index (χ2n) is 6.41. The number of methoxy groups -OCH3 is 2. The Kier molecular flexibility index (Phi) is 4.97. The van der Waals surface area contributed by atoms with E-state index >= 15 is 0 Å². The van der Waals surface area contributed by atoms with Crippen LogP contribution in [-0.4, -0.2) is 43.3 Å². The first kappa shape index (κ1) is 17.3. The molecule has 0 radical (unpaired) electrons. The van der Waals surface area contributed by atoms with E-state index in [0.29, 0.717) is 13.0 Å². The van der Waals surface area contributed by atoms with E-state index < -0.39 is 0 Å². The van der Waals surface area contributed by atoms with Crippen LogP contribution in [0.5, 0.6) is 11.5 Å². The lowest BCUT2D eigenvalue weighted by Crippen LogP contribution is -2.30. The van der Waals surface area contributed by atoms with E-state index in [0.717, 1.165) is 47.0 Å². The molecule has 1 aliphatic heterocycles. The summed E-state index contributed by atoms with van der Waals surface area (Å²) in [6, 6.07) is 5.81. The number of aromatic nitrogens is 1. The van der Waals surface area contributed by atoms with Crippen molar-refractivity contribution in [2.45, 2.75) is 32.6 Å². The number of carbonyl (C=O) groups is 1. The van der Waals surface area contributed by atoms with Gasteiger partial charge >= 0.3 is 0 Å². The normalized spacial score (nSPS) is 17.0. The number of hydrogen-bond acceptors (Lipinski definition) is 5. The molecule has 1 aromatic carbocycles. The number of hydrogen-bond donors (Lipinski definition) is 0. The van der Waals surface area contributed by atoms with Gasteiger partial charge in [-0.3, -0.25) is 4.79 Å². The summed E-state index contributed by atoms with van der Waals surface area (Å²) < 4.78 is 16.0. The van der Waals surface area contributed by atoms with E-state index in [1.807, 2.05) is 36.9 Å². The third kappa shape index (κ3) is 3.48. The Balaban J connectivity index is 1.72. The number of rotatable bonds is 5. The molecule has 2 aromatic rings. The van der Waals surface area contributed by atoms with Gasteiger partial charge in [0.25, 0.3) is 0 Å². The minimum absolute atomic E-state index is 0.110. The molecule has 0 saturated carbocycles. The van der Waals surface area contributed by atoms with E-state index in [4.69, 9.17) is 14.0 Å². The van der Waals surface area contributed by atoms with Crippen LogP contribution in [0.1, 0.15) is 34.9 Å². The third-order valence-corrected chi connectivity index (χ3v) is 4.93. The van der Waals surface area contributed by atoms with Crippen LogP contribution in [0.2, 0.25) is 0 Å². The Labute approximate surface area is 147 Å². The van der Waals surface area contributed by atoms with Crippen LogP contribution in [0, 0.1) is 13.8 Å². The Hall–Kier alpha value is -2.50. The number of nitrogens with zero attached hydrogens (tertiary/aromatic N) is 2. The third-order valence-electron chi connectivity index (χ3n) is 4.93. The van der Waals surface area contributed by atoms with Gasteiger partial charge in [0.2, 0.25) is 5.91 Å². The van der Waals surface area contributed by atoms with E-state index in [-0.39, 0.29) is 11.8 Å². The van der Waals surface area contributed by atoms with Crippen molar-refractivity contribution in [2.75, 3.05) is 27.3 Å². The van der Waals surface area contributed by atoms with Gasteiger partial charge in [-0.25, -0.2) is 0 Å².